The summed E-state index contributed by atoms with van der Waals surface area (Å²) in [6, 6.07) is 5.33. The molecule has 0 radical (unpaired) electrons. The Kier molecular flexibility index (Phi) is 5.42. The lowest BCUT2D eigenvalue weighted by Gasteiger charge is -2.23. The van der Waals surface area contributed by atoms with Crippen LogP contribution in [0.5, 0.6) is 0 Å². The normalized spacial score (nSPS) is 26.2. The van der Waals surface area contributed by atoms with Crippen molar-refractivity contribution in [1.82, 2.24) is 34.8 Å². The largest absolute Gasteiger partial charge is 0.389 e. The van der Waals surface area contributed by atoms with Gasteiger partial charge < -0.3 is 25.4 Å². The lowest BCUT2D eigenvalue weighted by atomic mass is 9.98. The van der Waals surface area contributed by atoms with Crippen molar-refractivity contribution in [2.24, 2.45) is 11.3 Å². The standard InChI is InChI=1S/C26H28N8O3/c1-13-4-5-29-16(7-13)11-30-23-18-24(33-22(32-23)15-6-14(2)9-28-10-15)34(12-31-18)19-17-8-26(17,25(37)27-3)21(36)20(19)35/h4-7,9-10,12,17,19-21,35-36H,8,11H2,1-3H3,(H,27,37)(H,30,32,33)/t17-,19?,20+,21+,26+/m1/s1. The van der Waals surface area contributed by atoms with Gasteiger partial charge in [-0.2, -0.15) is 0 Å². The molecule has 4 heterocycles. The third kappa shape index (κ3) is 3.65. The highest BCUT2D eigenvalue weighted by Gasteiger charge is 2.75. The van der Waals surface area contributed by atoms with E-state index in [0.717, 1.165) is 22.4 Å². The summed E-state index contributed by atoms with van der Waals surface area (Å²) in [5, 5.41) is 27.9. The molecule has 190 valence electrons. The van der Waals surface area contributed by atoms with E-state index in [2.05, 4.69) is 25.6 Å². The first-order chi connectivity index (χ1) is 17.8. The van der Waals surface area contributed by atoms with Gasteiger partial charge in [-0.25, -0.2) is 15.0 Å². The molecule has 2 saturated carbocycles. The number of fused-ring (bicyclic) bond motifs is 2. The predicted molar refractivity (Wildman–Crippen MR) is 135 cm³/mol. The van der Waals surface area contributed by atoms with Crippen molar-refractivity contribution < 1.29 is 15.0 Å². The molecule has 1 amide bonds. The maximum atomic E-state index is 12.6. The minimum absolute atomic E-state index is 0.234. The summed E-state index contributed by atoms with van der Waals surface area (Å²) in [6.07, 6.45) is 5.00. The first kappa shape index (κ1) is 23.4. The molecule has 6 rings (SSSR count). The number of pyridine rings is 2. The van der Waals surface area contributed by atoms with Gasteiger partial charge >= 0.3 is 0 Å². The Balaban J connectivity index is 1.45. The number of nitrogens with zero attached hydrogens (tertiary/aromatic N) is 6. The molecule has 11 nitrogen and oxygen atoms in total. The molecule has 2 aliphatic carbocycles. The second-order valence-corrected chi connectivity index (χ2v) is 10.0. The van der Waals surface area contributed by atoms with Crippen molar-refractivity contribution in [3.8, 4) is 11.4 Å². The minimum Gasteiger partial charge on any atom is -0.389 e. The molecule has 1 unspecified atom stereocenters. The van der Waals surface area contributed by atoms with E-state index in [1.807, 2.05) is 32.0 Å². The van der Waals surface area contributed by atoms with Crippen molar-refractivity contribution in [2.45, 2.75) is 45.1 Å². The summed E-state index contributed by atoms with van der Waals surface area (Å²) in [4.78, 5) is 35.5. The lowest BCUT2D eigenvalue weighted by molar-refractivity contribution is -0.132. The third-order valence-electron chi connectivity index (χ3n) is 7.61. The number of aliphatic hydroxyl groups excluding tert-OH is 2. The SMILES string of the molecule is CNC(=O)[C@@]12C[C@@H]1C(n1cnc3c(NCc4cc(C)ccn4)nc(-c4cncc(C)c4)nc31)[C@H](O)[C@@H]2O. The van der Waals surface area contributed by atoms with E-state index in [0.29, 0.717) is 35.8 Å². The zero-order chi connectivity index (χ0) is 25.9. The van der Waals surface area contributed by atoms with Crippen LogP contribution >= 0.6 is 0 Å². The van der Waals surface area contributed by atoms with Gasteiger partial charge in [0.15, 0.2) is 17.3 Å². The Morgan fingerprint density at radius 1 is 1.16 bits per heavy atom. The zero-order valence-corrected chi connectivity index (χ0v) is 20.8. The predicted octanol–water partition coefficient (Wildman–Crippen LogP) is 1.54. The van der Waals surface area contributed by atoms with E-state index in [4.69, 9.17) is 9.97 Å². The van der Waals surface area contributed by atoms with Crippen LogP contribution in [0.1, 0.15) is 29.3 Å². The second-order valence-electron chi connectivity index (χ2n) is 10.0. The Hall–Kier alpha value is -3.96. The number of aliphatic hydroxyl groups is 2. The van der Waals surface area contributed by atoms with E-state index in [1.54, 1.807) is 36.5 Å². The van der Waals surface area contributed by atoms with Crippen LogP contribution < -0.4 is 10.6 Å². The van der Waals surface area contributed by atoms with Crippen LogP contribution in [0.25, 0.3) is 22.6 Å². The quantitative estimate of drug-likeness (QED) is 0.309. The number of hydrogen-bond acceptors (Lipinski definition) is 9. The summed E-state index contributed by atoms with van der Waals surface area (Å²) < 4.78 is 1.77. The van der Waals surface area contributed by atoms with Crippen LogP contribution in [-0.4, -0.2) is 64.9 Å². The molecule has 4 aromatic rings. The van der Waals surface area contributed by atoms with Gasteiger partial charge in [-0.15, -0.1) is 0 Å². The molecule has 0 bridgehead atoms. The third-order valence-corrected chi connectivity index (χ3v) is 7.61. The Morgan fingerprint density at radius 2 is 2.00 bits per heavy atom. The first-order valence-electron chi connectivity index (χ1n) is 12.2. The highest BCUT2D eigenvalue weighted by atomic mass is 16.3. The smallest absolute Gasteiger partial charge is 0.229 e. The number of amides is 1. The van der Waals surface area contributed by atoms with Crippen LogP contribution in [0.15, 0.2) is 43.1 Å². The average molecular weight is 501 g/mol. The van der Waals surface area contributed by atoms with Gasteiger partial charge in [0.05, 0.1) is 36.1 Å². The van der Waals surface area contributed by atoms with Crippen LogP contribution in [0.2, 0.25) is 0 Å². The number of carbonyl (C=O) groups is 1. The molecule has 0 aliphatic heterocycles. The van der Waals surface area contributed by atoms with Gasteiger partial charge in [0.25, 0.3) is 0 Å². The molecule has 4 N–H and O–H groups in total. The lowest BCUT2D eigenvalue weighted by Crippen LogP contribution is -2.41. The van der Waals surface area contributed by atoms with E-state index < -0.39 is 23.7 Å². The first-order valence-corrected chi connectivity index (χ1v) is 12.2. The van der Waals surface area contributed by atoms with Crippen molar-refractivity contribution in [1.29, 1.82) is 0 Å². The molecule has 2 aliphatic rings. The van der Waals surface area contributed by atoms with E-state index in [1.165, 1.54) is 0 Å². The highest BCUT2D eigenvalue weighted by molar-refractivity contribution is 5.88. The summed E-state index contributed by atoms with van der Waals surface area (Å²) in [6.45, 7) is 4.39. The van der Waals surface area contributed by atoms with Gasteiger partial charge in [0, 0.05) is 37.1 Å². The van der Waals surface area contributed by atoms with E-state index >= 15 is 0 Å². The maximum absolute atomic E-state index is 12.6. The molecule has 11 heteroatoms. The number of anilines is 1. The maximum Gasteiger partial charge on any atom is 0.229 e. The van der Waals surface area contributed by atoms with Crippen LogP contribution in [0.4, 0.5) is 5.82 Å². The van der Waals surface area contributed by atoms with E-state index in [9.17, 15) is 15.0 Å². The molecule has 4 aromatic heterocycles. The van der Waals surface area contributed by atoms with Gasteiger partial charge in [-0.1, -0.05) is 0 Å². The fourth-order valence-corrected chi connectivity index (χ4v) is 5.72. The number of aromatic nitrogens is 6. The van der Waals surface area contributed by atoms with Gasteiger partial charge in [-0.3, -0.25) is 14.8 Å². The zero-order valence-electron chi connectivity index (χ0n) is 20.8. The molecule has 2 fully saturated rings. The summed E-state index contributed by atoms with van der Waals surface area (Å²) in [5.41, 5.74) is 3.70. The Morgan fingerprint density at radius 3 is 2.76 bits per heavy atom. The number of aryl methyl sites for hydroxylation is 2. The average Bonchev–Trinajstić information content (AvgIpc) is 3.43. The molecule has 0 spiro atoms. The molecule has 0 aromatic carbocycles. The molecule has 0 saturated heterocycles. The second kappa shape index (κ2) is 8.56. The van der Waals surface area contributed by atoms with Crippen LogP contribution in [-0.2, 0) is 11.3 Å². The van der Waals surface area contributed by atoms with Crippen molar-refractivity contribution >= 4 is 22.9 Å². The fraction of sp³-hybridized carbons (Fsp3) is 0.385. The molecular weight excluding hydrogens is 472 g/mol. The summed E-state index contributed by atoms with van der Waals surface area (Å²) in [5.74, 6) is 0.475. The Bertz CT molecular complexity index is 1520. The number of hydrogen-bond donors (Lipinski definition) is 4. The van der Waals surface area contributed by atoms with Gasteiger partial charge in [0.1, 0.15) is 11.6 Å². The topological polar surface area (TPSA) is 151 Å². The number of nitrogens with one attached hydrogen (secondary N) is 2. The monoisotopic (exact) mass is 500 g/mol. The summed E-state index contributed by atoms with van der Waals surface area (Å²) >= 11 is 0. The van der Waals surface area contributed by atoms with Crippen molar-refractivity contribution in [3.05, 3.63) is 59.9 Å². The molecule has 5 atom stereocenters. The number of imidazole rings is 1. The fourth-order valence-electron chi connectivity index (χ4n) is 5.72. The number of carbonyl (C=O) groups excluding carboxylic acids is 1. The Labute approximate surface area is 213 Å². The molecule has 37 heavy (non-hydrogen) atoms. The van der Waals surface area contributed by atoms with Crippen molar-refractivity contribution in [2.75, 3.05) is 12.4 Å². The minimum atomic E-state index is -1.17. The van der Waals surface area contributed by atoms with Gasteiger partial charge in [-0.05, 0) is 49.6 Å². The summed E-state index contributed by atoms with van der Waals surface area (Å²) in [7, 11) is 1.54. The molecular formula is C26H28N8O3. The van der Waals surface area contributed by atoms with Crippen LogP contribution in [0.3, 0.4) is 0 Å². The highest BCUT2D eigenvalue weighted by Crippen LogP contribution is 2.67. The number of rotatable bonds is 6. The van der Waals surface area contributed by atoms with E-state index in [-0.39, 0.29) is 11.8 Å². The van der Waals surface area contributed by atoms with Gasteiger partial charge in [0.2, 0.25) is 5.91 Å². The van der Waals surface area contributed by atoms with Crippen molar-refractivity contribution in [3.63, 3.8) is 0 Å². The van der Waals surface area contributed by atoms with Crippen LogP contribution in [0, 0.1) is 25.2 Å².